The van der Waals surface area contributed by atoms with Gasteiger partial charge < -0.3 is 5.73 Å². The third-order valence-corrected chi connectivity index (χ3v) is 2.93. The minimum absolute atomic E-state index is 0.0248. The number of benzene rings is 2. The molecule has 2 aromatic rings. The first-order valence-corrected chi connectivity index (χ1v) is 6.24. The van der Waals surface area contributed by atoms with Gasteiger partial charge in [-0.1, -0.05) is 60.7 Å². The molecule has 0 spiro atoms. The summed E-state index contributed by atoms with van der Waals surface area (Å²) >= 11 is 0. The summed E-state index contributed by atoms with van der Waals surface area (Å²) in [5.41, 5.74) is 5.80. The Morgan fingerprint density at radius 3 is 1.76 bits per heavy atom. The first-order valence-electron chi connectivity index (χ1n) is 6.24. The average molecular weight is 276 g/mol. The molecule has 0 aromatic heterocycles. The predicted molar refractivity (Wildman–Crippen MR) is 78.9 cm³/mol. The quantitative estimate of drug-likeness (QED) is 0.528. The summed E-state index contributed by atoms with van der Waals surface area (Å²) in [6.45, 7) is 0. The molecule has 0 aliphatic rings. The van der Waals surface area contributed by atoms with Crippen LogP contribution in [0.5, 0.6) is 0 Å². The van der Waals surface area contributed by atoms with Crippen molar-refractivity contribution in [3.8, 4) is 6.07 Å². The number of rotatable bonds is 4. The van der Waals surface area contributed by atoms with Crippen LogP contribution in [0, 0.1) is 11.3 Å². The third kappa shape index (κ3) is 3.04. The van der Waals surface area contributed by atoms with Gasteiger partial charge in [-0.3, -0.25) is 9.59 Å². The fourth-order valence-corrected chi connectivity index (χ4v) is 1.96. The molecule has 0 fully saturated rings. The number of carbonyl (C=O) groups excluding carboxylic acids is 2. The zero-order chi connectivity index (χ0) is 15.2. The number of Topliss-reactive ketones (excluding diaryl/α,β-unsaturated/α-hetero) is 1. The highest BCUT2D eigenvalue weighted by molar-refractivity contribution is 6.33. The normalized spacial score (nSPS) is 11.2. The molecule has 21 heavy (non-hydrogen) atoms. The van der Waals surface area contributed by atoms with Crippen molar-refractivity contribution in [2.45, 2.75) is 0 Å². The molecular weight excluding hydrogens is 264 g/mol. The summed E-state index contributed by atoms with van der Waals surface area (Å²) in [4.78, 5) is 24.1. The summed E-state index contributed by atoms with van der Waals surface area (Å²) in [5.74, 6) is -1.32. The number of carbonyl (C=O) groups is 2. The van der Waals surface area contributed by atoms with E-state index in [2.05, 4.69) is 0 Å². The van der Waals surface area contributed by atoms with E-state index in [1.54, 1.807) is 66.7 Å². The highest BCUT2D eigenvalue weighted by Crippen LogP contribution is 2.23. The second kappa shape index (κ2) is 6.31. The lowest BCUT2D eigenvalue weighted by atomic mass is 9.92. The number of ketones is 1. The Hall–Kier alpha value is -3.19. The van der Waals surface area contributed by atoms with Gasteiger partial charge in [0.1, 0.15) is 11.6 Å². The van der Waals surface area contributed by atoms with Crippen LogP contribution in [0.4, 0.5) is 0 Å². The standard InChI is InChI=1S/C17H12N2O2/c18-11-14(17(19)21)15(12-7-3-1-4-8-12)16(20)13-9-5-2-6-10-13/h1-10H,(H2,19,21). The molecule has 4 nitrogen and oxygen atoms in total. The molecule has 4 heteroatoms. The maximum atomic E-state index is 12.6. The molecule has 0 saturated heterocycles. The molecule has 0 aliphatic carbocycles. The predicted octanol–water partition coefficient (Wildman–Crippen LogP) is 2.33. The summed E-state index contributed by atoms with van der Waals surface area (Å²) in [6.07, 6.45) is 0. The van der Waals surface area contributed by atoms with E-state index >= 15 is 0 Å². The molecule has 0 heterocycles. The Bertz CT molecular complexity index is 741. The second-order valence-electron chi connectivity index (χ2n) is 4.29. The van der Waals surface area contributed by atoms with Crippen molar-refractivity contribution in [1.29, 1.82) is 5.26 Å². The fourth-order valence-electron chi connectivity index (χ4n) is 1.96. The highest BCUT2D eigenvalue weighted by atomic mass is 16.1. The van der Waals surface area contributed by atoms with E-state index < -0.39 is 11.7 Å². The number of primary amides is 1. The molecule has 0 atom stereocenters. The zero-order valence-electron chi connectivity index (χ0n) is 11.1. The van der Waals surface area contributed by atoms with Gasteiger partial charge in [-0.2, -0.15) is 5.26 Å². The lowest BCUT2D eigenvalue weighted by Crippen LogP contribution is -2.17. The molecule has 2 aromatic carbocycles. The number of nitrogens with zero attached hydrogens (tertiary/aromatic N) is 1. The van der Waals surface area contributed by atoms with E-state index in [1.807, 2.05) is 0 Å². The van der Waals surface area contributed by atoms with Crippen LogP contribution in [0.1, 0.15) is 15.9 Å². The van der Waals surface area contributed by atoms with Crippen LogP contribution in [-0.4, -0.2) is 11.7 Å². The van der Waals surface area contributed by atoms with Crippen LogP contribution in [0.2, 0.25) is 0 Å². The maximum absolute atomic E-state index is 12.6. The van der Waals surface area contributed by atoms with E-state index in [9.17, 15) is 9.59 Å². The van der Waals surface area contributed by atoms with E-state index in [1.165, 1.54) is 0 Å². The SMILES string of the molecule is N#CC(C(N)=O)=C(C(=O)c1ccccc1)c1ccccc1. The first kappa shape index (κ1) is 14.2. The molecule has 102 valence electrons. The monoisotopic (exact) mass is 276 g/mol. The van der Waals surface area contributed by atoms with Crippen LogP contribution in [0.15, 0.2) is 66.2 Å². The summed E-state index contributed by atoms with van der Waals surface area (Å²) in [6, 6.07) is 18.8. The van der Waals surface area contributed by atoms with Crippen LogP contribution in [0.3, 0.4) is 0 Å². The number of hydrogen-bond donors (Lipinski definition) is 1. The molecule has 0 bridgehead atoms. The van der Waals surface area contributed by atoms with Gasteiger partial charge in [-0.15, -0.1) is 0 Å². The Balaban J connectivity index is 2.67. The minimum Gasteiger partial charge on any atom is -0.365 e. The van der Waals surface area contributed by atoms with Crippen molar-refractivity contribution in [2.24, 2.45) is 5.73 Å². The summed E-state index contributed by atoms with van der Waals surface area (Å²) in [5, 5.41) is 9.16. The zero-order valence-corrected chi connectivity index (χ0v) is 11.1. The molecular formula is C17H12N2O2. The van der Waals surface area contributed by atoms with Gasteiger partial charge in [0.05, 0.1) is 5.57 Å². The van der Waals surface area contributed by atoms with Crippen LogP contribution < -0.4 is 5.73 Å². The summed E-state index contributed by atoms with van der Waals surface area (Å²) in [7, 11) is 0. The molecule has 0 saturated carbocycles. The highest BCUT2D eigenvalue weighted by Gasteiger charge is 2.22. The average Bonchev–Trinajstić information content (AvgIpc) is 2.53. The molecule has 1 amide bonds. The second-order valence-corrected chi connectivity index (χ2v) is 4.29. The van der Waals surface area contributed by atoms with Gasteiger partial charge in [0.15, 0.2) is 5.78 Å². The molecule has 0 unspecified atom stereocenters. The van der Waals surface area contributed by atoms with Crippen molar-refractivity contribution < 1.29 is 9.59 Å². The van der Waals surface area contributed by atoms with Crippen molar-refractivity contribution in [2.75, 3.05) is 0 Å². The maximum Gasteiger partial charge on any atom is 0.260 e. The molecule has 0 aliphatic heterocycles. The van der Waals surface area contributed by atoms with Crippen LogP contribution in [-0.2, 0) is 4.79 Å². The number of hydrogen-bond acceptors (Lipinski definition) is 3. The Morgan fingerprint density at radius 1 is 0.857 bits per heavy atom. The third-order valence-electron chi connectivity index (χ3n) is 2.93. The van der Waals surface area contributed by atoms with Gasteiger partial charge >= 0.3 is 0 Å². The molecule has 2 rings (SSSR count). The molecule has 2 N–H and O–H groups in total. The van der Waals surface area contributed by atoms with Crippen molar-refractivity contribution in [1.82, 2.24) is 0 Å². The number of nitriles is 1. The van der Waals surface area contributed by atoms with E-state index in [0.29, 0.717) is 11.1 Å². The van der Waals surface area contributed by atoms with Crippen LogP contribution in [0.25, 0.3) is 5.57 Å². The Morgan fingerprint density at radius 2 is 1.33 bits per heavy atom. The van der Waals surface area contributed by atoms with Gasteiger partial charge in [0.25, 0.3) is 5.91 Å². The number of nitrogens with two attached hydrogens (primary N) is 1. The molecule has 0 radical (unpaired) electrons. The van der Waals surface area contributed by atoms with Crippen molar-refractivity contribution >= 4 is 17.3 Å². The van der Waals surface area contributed by atoms with Gasteiger partial charge in [0.2, 0.25) is 0 Å². The number of allylic oxidation sites excluding steroid dienone is 1. The Labute approximate surface area is 122 Å². The van der Waals surface area contributed by atoms with Gasteiger partial charge in [-0.25, -0.2) is 0 Å². The van der Waals surface area contributed by atoms with Crippen LogP contribution >= 0.6 is 0 Å². The lowest BCUT2D eigenvalue weighted by Gasteiger charge is -2.08. The minimum atomic E-state index is -0.916. The number of amides is 1. The smallest absolute Gasteiger partial charge is 0.260 e. The fraction of sp³-hybridized carbons (Fsp3) is 0. The first-order chi connectivity index (χ1) is 10.1. The largest absolute Gasteiger partial charge is 0.365 e. The Kier molecular flexibility index (Phi) is 4.27. The van der Waals surface area contributed by atoms with Gasteiger partial charge in [0, 0.05) is 5.56 Å². The van der Waals surface area contributed by atoms with Crippen molar-refractivity contribution in [3.63, 3.8) is 0 Å². The van der Waals surface area contributed by atoms with E-state index in [4.69, 9.17) is 11.0 Å². The van der Waals surface area contributed by atoms with Gasteiger partial charge in [-0.05, 0) is 5.56 Å². The van der Waals surface area contributed by atoms with Crippen molar-refractivity contribution in [3.05, 3.63) is 77.4 Å². The topological polar surface area (TPSA) is 83.9 Å². The van der Waals surface area contributed by atoms with E-state index in [0.717, 1.165) is 0 Å². The lowest BCUT2D eigenvalue weighted by molar-refractivity contribution is -0.114. The summed E-state index contributed by atoms with van der Waals surface area (Å²) < 4.78 is 0. The van der Waals surface area contributed by atoms with E-state index in [-0.39, 0.29) is 11.1 Å².